The number of aliphatic hydroxyl groups excluding tert-OH is 1. The molecule has 0 aliphatic carbocycles. The molecule has 130 valence electrons. The first-order chi connectivity index (χ1) is 11.5. The molecule has 0 bridgehead atoms. The lowest BCUT2D eigenvalue weighted by Crippen LogP contribution is -2.40. The number of nitrogens with one attached hydrogen (secondary N) is 1. The van der Waals surface area contributed by atoms with E-state index < -0.39 is 18.0 Å². The van der Waals surface area contributed by atoms with E-state index in [0.29, 0.717) is 6.54 Å². The average Bonchev–Trinajstić information content (AvgIpc) is 3.08. The summed E-state index contributed by atoms with van der Waals surface area (Å²) >= 11 is 0. The molecule has 0 spiro atoms. The first kappa shape index (κ1) is 17.7. The number of amides is 2. The molecule has 2 N–H and O–H groups in total. The molecule has 2 amide bonds. The number of hydrogen-bond acceptors (Lipinski definition) is 6. The molecule has 8 nitrogen and oxygen atoms in total. The number of carbonyl (C=O) groups is 3. The molecule has 1 aromatic rings. The van der Waals surface area contributed by atoms with Crippen LogP contribution in [0.1, 0.15) is 33.6 Å². The van der Waals surface area contributed by atoms with Gasteiger partial charge in [0.25, 0.3) is 0 Å². The Balaban J connectivity index is 2.26. The van der Waals surface area contributed by atoms with Crippen molar-refractivity contribution in [2.75, 3.05) is 32.7 Å². The topological polar surface area (TPSA) is 105 Å². The quantitative estimate of drug-likeness (QED) is 0.802. The van der Waals surface area contributed by atoms with Crippen LogP contribution in [0, 0.1) is 0 Å². The van der Waals surface area contributed by atoms with Crippen LogP contribution < -0.4 is 5.32 Å². The third-order valence-corrected chi connectivity index (χ3v) is 3.88. The zero-order valence-corrected chi connectivity index (χ0v) is 13.6. The van der Waals surface area contributed by atoms with Crippen molar-refractivity contribution in [2.24, 2.45) is 0 Å². The molecule has 1 aliphatic heterocycles. The molecular weight excluding hydrogens is 316 g/mol. The third-order valence-electron chi connectivity index (χ3n) is 3.88. The molecule has 0 unspecified atom stereocenters. The highest BCUT2D eigenvalue weighted by Crippen LogP contribution is 2.21. The van der Waals surface area contributed by atoms with E-state index in [2.05, 4.69) is 14.8 Å². The molecule has 1 aliphatic rings. The van der Waals surface area contributed by atoms with Crippen molar-refractivity contribution >= 4 is 23.7 Å². The number of nitrogens with zero attached hydrogens (tertiary/aromatic N) is 1. The van der Waals surface area contributed by atoms with E-state index in [-0.39, 0.29) is 29.5 Å². The maximum Gasteiger partial charge on any atom is 0.337 e. The number of hydrogen-bond donors (Lipinski definition) is 2. The number of carbonyl (C=O) groups excluding carboxylic acids is 3. The molecule has 1 fully saturated rings. The molecule has 2 rings (SSSR count). The normalized spacial score (nSPS) is 16.6. The standard InChI is InChI=1S/C16H20N2O6/c1-23-14(20)10-6-11(15(21)24-2)8-12(7-10)17-16(22)18-5-3-4-13(18)9-19/h6-8,13,19H,3-5,9H2,1-2H3,(H,17,22)/t13-/m0/s1. The van der Waals surface area contributed by atoms with Crippen molar-refractivity contribution in [3.8, 4) is 0 Å². The average molecular weight is 336 g/mol. The summed E-state index contributed by atoms with van der Waals surface area (Å²) < 4.78 is 9.30. The zero-order chi connectivity index (χ0) is 17.7. The van der Waals surface area contributed by atoms with E-state index in [1.54, 1.807) is 0 Å². The van der Waals surface area contributed by atoms with Gasteiger partial charge in [0.15, 0.2) is 0 Å². The number of rotatable bonds is 4. The van der Waals surface area contributed by atoms with Gasteiger partial charge in [-0.15, -0.1) is 0 Å². The summed E-state index contributed by atoms with van der Waals surface area (Å²) in [5.74, 6) is -1.27. The van der Waals surface area contributed by atoms with Gasteiger partial charge in [-0.3, -0.25) is 0 Å². The van der Waals surface area contributed by atoms with Gasteiger partial charge in [-0.25, -0.2) is 14.4 Å². The lowest BCUT2D eigenvalue weighted by atomic mass is 10.1. The zero-order valence-electron chi connectivity index (χ0n) is 13.6. The lowest BCUT2D eigenvalue weighted by molar-refractivity contribution is 0.0599. The van der Waals surface area contributed by atoms with Crippen molar-refractivity contribution in [1.29, 1.82) is 0 Å². The van der Waals surface area contributed by atoms with Gasteiger partial charge in [0.05, 0.1) is 38.0 Å². The second-order valence-corrected chi connectivity index (χ2v) is 5.38. The van der Waals surface area contributed by atoms with Crippen LogP contribution in [0.4, 0.5) is 10.5 Å². The number of urea groups is 1. The summed E-state index contributed by atoms with van der Waals surface area (Å²) in [7, 11) is 2.45. The highest BCUT2D eigenvalue weighted by Gasteiger charge is 2.28. The Morgan fingerprint density at radius 2 is 1.75 bits per heavy atom. The molecule has 1 atom stereocenters. The molecule has 0 radical (unpaired) electrons. The van der Waals surface area contributed by atoms with Crippen molar-refractivity contribution in [3.63, 3.8) is 0 Å². The van der Waals surface area contributed by atoms with Crippen LogP contribution in [0.5, 0.6) is 0 Å². The molecular formula is C16H20N2O6. The van der Waals surface area contributed by atoms with Crippen LogP contribution in [-0.4, -0.2) is 61.4 Å². The minimum atomic E-state index is -0.634. The van der Waals surface area contributed by atoms with Crippen LogP contribution in [-0.2, 0) is 9.47 Å². The molecule has 1 saturated heterocycles. The van der Waals surface area contributed by atoms with E-state index in [9.17, 15) is 19.5 Å². The summed E-state index contributed by atoms with van der Waals surface area (Å²) in [5.41, 5.74) is 0.513. The van der Waals surface area contributed by atoms with Gasteiger partial charge in [0.2, 0.25) is 0 Å². The highest BCUT2D eigenvalue weighted by molar-refractivity contribution is 5.99. The highest BCUT2D eigenvalue weighted by atomic mass is 16.5. The van der Waals surface area contributed by atoms with Crippen LogP contribution in [0.3, 0.4) is 0 Å². The van der Waals surface area contributed by atoms with Crippen LogP contribution in [0.15, 0.2) is 18.2 Å². The second kappa shape index (κ2) is 7.78. The van der Waals surface area contributed by atoms with E-state index >= 15 is 0 Å². The van der Waals surface area contributed by atoms with Crippen molar-refractivity contribution in [1.82, 2.24) is 4.90 Å². The third kappa shape index (κ3) is 3.83. The van der Waals surface area contributed by atoms with E-state index in [1.807, 2.05) is 0 Å². The summed E-state index contributed by atoms with van der Waals surface area (Å²) in [5, 5.41) is 12.0. The van der Waals surface area contributed by atoms with Gasteiger partial charge in [-0.1, -0.05) is 0 Å². The predicted molar refractivity (Wildman–Crippen MR) is 85.0 cm³/mol. The van der Waals surface area contributed by atoms with E-state index in [1.165, 1.54) is 37.3 Å². The Hall–Kier alpha value is -2.61. The fraction of sp³-hybridized carbons (Fsp3) is 0.438. The molecule has 1 aromatic carbocycles. The number of anilines is 1. The number of aliphatic hydroxyl groups is 1. The predicted octanol–water partition coefficient (Wildman–Crippen LogP) is 1.25. The van der Waals surface area contributed by atoms with E-state index in [0.717, 1.165) is 12.8 Å². The Morgan fingerprint density at radius 3 is 2.25 bits per heavy atom. The van der Waals surface area contributed by atoms with Crippen LogP contribution in [0.2, 0.25) is 0 Å². The summed E-state index contributed by atoms with van der Waals surface area (Å²) in [4.78, 5) is 37.4. The van der Waals surface area contributed by atoms with Gasteiger partial charge >= 0.3 is 18.0 Å². The van der Waals surface area contributed by atoms with Crippen molar-refractivity contribution in [2.45, 2.75) is 18.9 Å². The molecule has 0 saturated carbocycles. The number of methoxy groups -OCH3 is 2. The number of esters is 2. The number of benzene rings is 1. The van der Waals surface area contributed by atoms with Gasteiger partial charge in [0, 0.05) is 12.2 Å². The van der Waals surface area contributed by atoms with E-state index in [4.69, 9.17) is 0 Å². The molecule has 8 heteroatoms. The Bertz CT molecular complexity index is 611. The van der Waals surface area contributed by atoms with Gasteiger partial charge in [-0.05, 0) is 31.0 Å². The summed E-state index contributed by atoms with van der Waals surface area (Å²) in [6, 6.07) is 3.54. The van der Waals surface area contributed by atoms with Crippen LogP contribution in [0.25, 0.3) is 0 Å². The maximum absolute atomic E-state index is 12.4. The van der Waals surface area contributed by atoms with Gasteiger partial charge < -0.3 is 24.8 Å². The molecule has 1 heterocycles. The first-order valence-corrected chi connectivity index (χ1v) is 7.50. The second-order valence-electron chi connectivity index (χ2n) is 5.38. The van der Waals surface area contributed by atoms with Gasteiger partial charge in [0.1, 0.15) is 0 Å². The monoisotopic (exact) mass is 336 g/mol. The maximum atomic E-state index is 12.4. The first-order valence-electron chi connectivity index (χ1n) is 7.50. The van der Waals surface area contributed by atoms with Crippen molar-refractivity contribution < 1.29 is 29.0 Å². The number of ether oxygens (including phenoxy) is 2. The molecule has 0 aromatic heterocycles. The lowest BCUT2D eigenvalue weighted by Gasteiger charge is -2.23. The number of likely N-dealkylation sites (tertiary alicyclic amines) is 1. The minimum Gasteiger partial charge on any atom is -0.465 e. The van der Waals surface area contributed by atoms with Crippen LogP contribution >= 0.6 is 0 Å². The fourth-order valence-electron chi connectivity index (χ4n) is 2.66. The van der Waals surface area contributed by atoms with Crippen molar-refractivity contribution in [3.05, 3.63) is 29.3 Å². The Labute approximate surface area is 139 Å². The summed E-state index contributed by atoms with van der Waals surface area (Å²) in [6.07, 6.45) is 1.55. The largest absolute Gasteiger partial charge is 0.465 e. The smallest absolute Gasteiger partial charge is 0.337 e. The van der Waals surface area contributed by atoms with Gasteiger partial charge in [-0.2, -0.15) is 0 Å². The minimum absolute atomic E-state index is 0.108. The SMILES string of the molecule is COC(=O)c1cc(NC(=O)N2CCC[C@H]2CO)cc(C(=O)OC)c1. The Morgan fingerprint density at radius 1 is 1.17 bits per heavy atom. The Kier molecular flexibility index (Phi) is 5.75. The molecule has 24 heavy (non-hydrogen) atoms. The fourth-order valence-corrected chi connectivity index (χ4v) is 2.66. The summed E-state index contributed by atoms with van der Waals surface area (Å²) in [6.45, 7) is 0.431.